The lowest BCUT2D eigenvalue weighted by Gasteiger charge is -2.16. The quantitative estimate of drug-likeness (QED) is 0.533. The van der Waals surface area contributed by atoms with Crippen LogP contribution in [0.5, 0.6) is 5.88 Å². The molecule has 0 aliphatic rings. The number of benzene rings is 1. The standard InChI is InChI=1S/C22H19F3N2O2/c1-14(16-7-4-3-5-8-16)13-29-19-11-10-18(22(23,24)25)20(27-19)21(28)17-9-6-12-26-15(17)2/h3-12,14H,13H2,1-2H3. The van der Waals surface area contributed by atoms with Crippen LogP contribution in [0.3, 0.4) is 0 Å². The van der Waals surface area contributed by atoms with Crippen molar-refractivity contribution in [1.82, 2.24) is 9.97 Å². The molecule has 7 heteroatoms. The van der Waals surface area contributed by atoms with Gasteiger partial charge in [0.2, 0.25) is 11.7 Å². The van der Waals surface area contributed by atoms with Gasteiger partial charge < -0.3 is 4.74 Å². The highest BCUT2D eigenvalue weighted by Crippen LogP contribution is 2.33. The summed E-state index contributed by atoms with van der Waals surface area (Å²) in [6, 6.07) is 14.5. The van der Waals surface area contributed by atoms with E-state index >= 15 is 0 Å². The first-order chi connectivity index (χ1) is 13.8. The maximum absolute atomic E-state index is 13.4. The zero-order chi connectivity index (χ0) is 21.0. The lowest BCUT2D eigenvalue weighted by atomic mass is 10.0. The van der Waals surface area contributed by atoms with Crippen LogP contribution in [0.15, 0.2) is 60.8 Å². The third-order valence-corrected chi connectivity index (χ3v) is 4.49. The van der Waals surface area contributed by atoms with E-state index < -0.39 is 23.2 Å². The number of aryl methyl sites for hydroxylation is 1. The average Bonchev–Trinajstić information content (AvgIpc) is 2.71. The summed E-state index contributed by atoms with van der Waals surface area (Å²) in [6.07, 6.45) is -3.25. The Morgan fingerprint density at radius 2 is 1.79 bits per heavy atom. The van der Waals surface area contributed by atoms with Gasteiger partial charge in [-0.2, -0.15) is 13.2 Å². The molecule has 0 aliphatic carbocycles. The van der Waals surface area contributed by atoms with Gasteiger partial charge in [0.1, 0.15) is 5.69 Å². The van der Waals surface area contributed by atoms with E-state index in [0.29, 0.717) is 5.69 Å². The van der Waals surface area contributed by atoms with E-state index in [1.165, 1.54) is 18.3 Å². The second-order valence-electron chi connectivity index (χ2n) is 6.63. The molecule has 0 saturated heterocycles. The van der Waals surface area contributed by atoms with Gasteiger partial charge >= 0.3 is 6.18 Å². The van der Waals surface area contributed by atoms with Gasteiger partial charge in [-0.15, -0.1) is 0 Å². The van der Waals surface area contributed by atoms with Gasteiger partial charge in [-0.05, 0) is 30.7 Å². The van der Waals surface area contributed by atoms with Crippen molar-refractivity contribution in [3.05, 3.63) is 88.9 Å². The number of halogens is 3. The van der Waals surface area contributed by atoms with Crippen LogP contribution in [0.25, 0.3) is 0 Å². The summed E-state index contributed by atoms with van der Waals surface area (Å²) < 4.78 is 45.9. The molecule has 0 spiro atoms. The normalized spacial score (nSPS) is 12.4. The van der Waals surface area contributed by atoms with E-state index in [-0.39, 0.29) is 24.0 Å². The molecule has 0 aliphatic heterocycles. The van der Waals surface area contributed by atoms with Crippen LogP contribution in [0.2, 0.25) is 0 Å². The molecule has 0 fully saturated rings. The number of hydrogen-bond acceptors (Lipinski definition) is 4. The number of carbonyl (C=O) groups excluding carboxylic acids is 1. The Hall–Kier alpha value is -3.22. The van der Waals surface area contributed by atoms with Crippen molar-refractivity contribution < 1.29 is 22.7 Å². The van der Waals surface area contributed by atoms with Crippen LogP contribution >= 0.6 is 0 Å². The SMILES string of the molecule is Cc1ncccc1C(=O)c1nc(OCC(C)c2ccccc2)ccc1C(F)(F)F. The molecule has 3 rings (SSSR count). The Balaban J connectivity index is 1.90. The van der Waals surface area contributed by atoms with Crippen LogP contribution in [0.1, 0.15) is 45.7 Å². The molecular formula is C22H19F3N2O2. The Labute approximate surface area is 166 Å². The first-order valence-electron chi connectivity index (χ1n) is 8.99. The van der Waals surface area contributed by atoms with Gasteiger partial charge in [-0.25, -0.2) is 4.98 Å². The predicted molar refractivity (Wildman–Crippen MR) is 102 cm³/mol. The van der Waals surface area contributed by atoms with Gasteiger partial charge in [0.05, 0.1) is 12.2 Å². The maximum atomic E-state index is 13.4. The van der Waals surface area contributed by atoms with Crippen LogP contribution < -0.4 is 4.74 Å². The van der Waals surface area contributed by atoms with Crippen LogP contribution in [0.4, 0.5) is 13.2 Å². The van der Waals surface area contributed by atoms with Crippen molar-refractivity contribution >= 4 is 5.78 Å². The summed E-state index contributed by atoms with van der Waals surface area (Å²) in [5.74, 6) is -0.879. The Morgan fingerprint density at radius 3 is 2.45 bits per heavy atom. The number of carbonyl (C=O) groups is 1. The van der Waals surface area contributed by atoms with E-state index in [9.17, 15) is 18.0 Å². The highest BCUT2D eigenvalue weighted by atomic mass is 19.4. The molecule has 2 aromatic heterocycles. The van der Waals surface area contributed by atoms with Gasteiger partial charge in [0.15, 0.2) is 0 Å². The lowest BCUT2D eigenvalue weighted by Crippen LogP contribution is -2.18. The molecule has 29 heavy (non-hydrogen) atoms. The van der Waals surface area contributed by atoms with E-state index in [2.05, 4.69) is 9.97 Å². The molecule has 1 atom stereocenters. The number of rotatable bonds is 6. The fourth-order valence-electron chi connectivity index (χ4n) is 2.86. The Morgan fingerprint density at radius 1 is 1.07 bits per heavy atom. The Kier molecular flexibility index (Phi) is 5.96. The van der Waals surface area contributed by atoms with Crippen LogP contribution in [0, 0.1) is 6.92 Å². The first-order valence-corrected chi connectivity index (χ1v) is 8.99. The average molecular weight is 400 g/mol. The number of ether oxygens (including phenoxy) is 1. The summed E-state index contributed by atoms with van der Waals surface area (Å²) in [6.45, 7) is 3.70. The number of ketones is 1. The fraction of sp³-hybridized carbons (Fsp3) is 0.227. The molecule has 2 heterocycles. The number of aromatic nitrogens is 2. The molecule has 3 aromatic rings. The molecule has 1 aromatic carbocycles. The first kappa shape index (κ1) is 20.5. The van der Waals surface area contributed by atoms with Crippen molar-refractivity contribution in [3.63, 3.8) is 0 Å². The summed E-state index contributed by atoms with van der Waals surface area (Å²) >= 11 is 0. The molecule has 0 amide bonds. The molecule has 1 unspecified atom stereocenters. The summed E-state index contributed by atoms with van der Waals surface area (Å²) in [5, 5.41) is 0. The van der Waals surface area contributed by atoms with Gasteiger partial charge in [0.25, 0.3) is 0 Å². The van der Waals surface area contributed by atoms with Crippen molar-refractivity contribution in [2.75, 3.05) is 6.61 Å². The fourth-order valence-corrected chi connectivity index (χ4v) is 2.86. The third kappa shape index (κ3) is 4.80. The molecule has 0 saturated carbocycles. The largest absolute Gasteiger partial charge is 0.477 e. The topological polar surface area (TPSA) is 52.1 Å². The predicted octanol–water partition coefficient (Wildman–Crippen LogP) is 5.22. The summed E-state index contributed by atoms with van der Waals surface area (Å²) in [7, 11) is 0. The molecule has 0 N–H and O–H groups in total. The van der Waals surface area contributed by atoms with Crippen molar-refractivity contribution in [2.24, 2.45) is 0 Å². The van der Waals surface area contributed by atoms with E-state index in [1.54, 1.807) is 6.92 Å². The highest BCUT2D eigenvalue weighted by molar-refractivity contribution is 6.09. The molecule has 4 nitrogen and oxygen atoms in total. The van der Waals surface area contributed by atoms with Crippen LogP contribution in [-0.4, -0.2) is 22.4 Å². The van der Waals surface area contributed by atoms with Crippen molar-refractivity contribution in [3.8, 4) is 5.88 Å². The minimum Gasteiger partial charge on any atom is -0.477 e. The second kappa shape index (κ2) is 8.43. The Bertz CT molecular complexity index is 1000. The van der Waals surface area contributed by atoms with Gasteiger partial charge in [-0.3, -0.25) is 9.78 Å². The van der Waals surface area contributed by atoms with E-state index in [4.69, 9.17) is 4.74 Å². The third-order valence-electron chi connectivity index (χ3n) is 4.49. The monoisotopic (exact) mass is 400 g/mol. The molecular weight excluding hydrogens is 381 g/mol. The minimum absolute atomic E-state index is 0.0000111. The van der Waals surface area contributed by atoms with Crippen LogP contribution in [-0.2, 0) is 6.18 Å². The lowest BCUT2D eigenvalue weighted by molar-refractivity contribution is -0.138. The minimum atomic E-state index is -4.72. The number of pyridine rings is 2. The molecule has 150 valence electrons. The number of hydrogen-bond donors (Lipinski definition) is 0. The van der Waals surface area contributed by atoms with Gasteiger partial charge in [0, 0.05) is 29.4 Å². The number of alkyl halides is 3. The van der Waals surface area contributed by atoms with E-state index in [1.807, 2.05) is 37.3 Å². The zero-order valence-corrected chi connectivity index (χ0v) is 15.9. The second-order valence-corrected chi connectivity index (χ2v) is 6.63. The summed E-state index contributed by atoms with van der Waals surface area (Å²) in [5.41, 5.74) is -0.369. The highest BCUT2D eigenvalue weighted by Gasteiger charge is 2.37. The van der Waals surface area contributed by atoms with Crippen molar-refractivity contribution in [2.45, 2.75) is 25.9 Å². The van der Waals surface area contributed by atoms with Crippen molar-refractivity contribution in [1.29, 1.82) is 0 Å². The molecule has 0 radical (unpaired) electrons. The maximum Gasteiger partial charge on any atom is 0.418 e. The molecule has 0 bridgehead atoms. The van der Waals surface area contributed by atoms with E-state index in [0.717, 1.165) is 17.7 Å². The zero-order valence-electron chi connectivity index (χ0n) is 15.9. The summed E-state index contributed by atoms with van der Waals surface area (Å²) in [4.78, 5) is 20.7. The number of nitrogens with zero attached hydrogens (tertiary/aromatic N) is 2. The van der Waals surface area contributed by atoms with Gasteiger partial charge in [-0.1, -0.05) is 37.3 Å². The smallest absolute Gasteiger partial charge is 0.418 e.